The summed E-state index contributed by atoms with van der Waals surface area (Å²) >= 11 is 14.8. The first-order valence-corrected chi connectivity index (χ1v) is 9.01. The quantitative estimate of drug-likeness (QED) is 0.522. The van der Waals surface area contributed by atoms with Gasteiger partial charge in [0.1, 0.15) is 0 Å². The van der Waals surface area contributed by atoms with Crippen LogP contribution < -0.4 is 9.86 Å². The molecule has 2 rings (SSSR count). The molecule has 0 atom stereocenters. The van der Waals surface area contributed by atoms with Crippen LogP contribution in [0.4, 0.5) is 5.69 Å². The van der Waals surface area contributed by atoms with Gasteiger partial charge in [0.25, 0.3) is 0 Å². The average molecular weight is 359 g/mol. The molecule has 0 bridgehead atoms. The SMILES string of the molecule is Cc1ccc(SN)c(NSCCc2ccc(Cl)c(Cl)c2)c1. The molecule has 0 unspecified atom stereocenters. The minimum absolute atomic E-state index is 0.593. The van der Waals surface area contributed by atoms with Crippen molar-refractivity contribution in [3.05, 3.63) is 57.6 Å². The average Bonchev–Trinajstić information content (AvgIpc) is 2.47. The Kier molecular flexibility index (Phi) is 6.58. The third kappa shape index (κ3) is 5.01. The number of halogens is 2. The fourth-order valence-corrected chi connectivity index (χ4v) is 3.35. The van der Waals surface area contributed by atoms with Crippen molar-refractivity contribution in [3.8, 4) is 0 Å². The first-order chi connectivity index (χ1) is 10.1. The summed E-state index contributed by atoms with van der Waals surface area (Å²) in [5.41, 5.74) is 3.44. The predicted octanol–water partition coefficient (Wildman–Crippen LogP) is 5.57. The largest absolute Gasteiger partial charge is 0.329 e. The van der Waals surface area contributed by atoms with E-state index in [1.165, 1.54) is 23.1 Å². The number of rotatable bonds is 6. The van der Waals surface area contributed by atoms with E-state index in [2.05, 4.69) is 23.8 Å². The molecule has 0 aromatic heterocycles. The molecule has 0 spiro atoms. The zero-order valence-electron chi connectivity index (χ0n) is 11.5. The van der Waals surface area contributed by atoms with Crippen molar-refractivity contribution in [3.63, 3.8) is 0 Å². The second-order valence-corrected chi connectivity index (χ2v) is 6.96. The Labute approximate surface area is 144 Å². The lowest BCUT2D eigenvalue weighted by Gasteiger charge is -2.10. The number of nitrogens with one attached hydrogen (secondary N) is 1. The van der Waals surface area contributed by atoms with Crippen molar-refractivity contribution < 1.29 is 0 Å². The first kappa shape index (κ1) is 16.8. The molecular formula is C15H16Cl2N2S2. The lowest BCUT2D eigenvalue weighted by Crippen LogP contribution is -1.96. The zero-order chi connectivity index (χ0) is 15.2. The van der Waals surface area contributed by atoms with E-state index in [0.29, 0.717) is 10.0 Å². The Morgan fingerprint density at radius 1 is 1.10 bits per heavy atom. The van der Waals surface area contributed by atoms with Gasteiger partial charge >= 0.3 is 0 Å². The maximum atomic E-state index is 6.01. The molecule has 21 heavy (non-hydrogen) atoms. The second-order valence-electron chi connectivity index (χ2n) is 4.57. The van der Waals surface area contributed by atoms with E-state index < -0.39 is 0 Å². The summed E-state index contributed by atoms with van der Waals surface area (Å²) in [5, 5.41) is 6.86. The minimum atomic E-state index is 0.593. The summed E-state index contributed by atoms with van der Waals surface area (Å²) in [6.45, 7) is 2.07. The van der Waals surface area contributed by atoms with Crippen molar-refractivity contribution >= 4 is 52.8 Å². The van der Waals surface area contributed by atoms with E-state index in [9.17, 15) is 0 Å². The van der Waals surface area contributed by atoms with Crippen molar-refractivity contribution in [2.75, 3.05) is 10.5 Å². The highest BCUT2D eigenvalue weighted by Crippen LogP contribution is 2.27. The fraction of sp³-hybridized carbons (Fsp3) is 0.200. The summed E-state index contributed by atoms with van der Waals surface area (Å²) < 4.78 is 3.36. The third-order valence-corrected chi connectivity index (χ3v) is 5.04. The minimum Gasteiger partial charge on any atom is -0.329 e. The lowest BCUT2D eigenvalue weighted by molar-refractivity contribution is 1.16. The second kappa shape index (κ2) is 8.20. The summed E-state index contributed by atoms with van der Waals surface area (Å²) in [6, 6.07) is 11.9. The molecule has 3 N–H and O–H groups in total. The van der Waals surface area contributed by atoms with Gasteiger partial charge in [0.15, 0.2) is 0 Å². The van der Waals surface area contributed by atoms with Gasteiger partial charge in [0, 0.05) is 10.6 Å². The van der Waals surface area contributed by atoms with E-state index in [1.54, 1.807) is 11.9 Å². The highest BCUT2D eigenvalue weighted by atomic mass is 35.5. The molecule has 2 nitrogen and oxygen atoms in total. The zero-order valence-corrected chi connectivity index (χ0v) is 14.7. The van der Waals surface area contributed by atoms with Gasteiger partial charge in [-0.15, -0.1) is 0 Å². The van der Waals surface area contributed by atoms with Gasteiger partial charge < -0.3 is 4.72 Å². The molecule has 0 aliphatic carbocycles. The molecule has 0 saturated heterocycles. The van der Waals surface area contributed by atoms with E-state index in [4.69, 9.17) is 28.3 Å². The Bertz CT molecular complexity index is 621. The number of hydrogen-bond donors (Lipinski definition) is 2. The van der Waals surface area contributed by atoms with Crippen LogP contribution in [-0.4, -0.2) is 5.75 Å². The monoisotopic (exact) mass is 358 g/mol. The van der Waals surface area contributed by atoms with Gasteiger partial charge in [0.2, 0.25) is 0 Å². The summed E-state index contributed by atoms with van der Waals surface area (Å²) in [7, 11) is 0. The van der Waals surface area contributed by atoms with Crippen LogP contribution in [0.1, 0.15) is 11.1 Å². The van der Waals surface area contributed by atoms with Crippen LogP contribution in [0.3, 0.4) is 0 Å². The van der Waals surface area contributed by atoms with E-state index >= 15 is 0 Å². The van der Waals surface area contributed by atoms with Crippen molar-refractivity contribution in [2.24, 2.45) is 5.14 Å². The Hall–Kier alpha value is -0.520. The lowest BCUT2D eigenvalue weighted by atomic mass is 10.2. The van der Waals surface area contributed by atoms with Crippen LogP contribution >= 0.6 is 47.1 Å². The maximum Gasteiger partial charge on any atom is 0.0595 e. The van der Waals surface area contributed by atoms with E-state index in [-0.39, 0.29) is 0 Å². The molecular weight excluding hydrogens is 343 g/mol. The van der Waals surface area contributed by atoms with Crippen molar-refractivity contribution in [2.45, 2.75) is 18.2 Å². The van der Waals surface area contributed by atoms with Gasteiger partial charge in [-0.3, -0.25) is 5.14 Å². The molecule has 6 heteroatoms. The fourth-order valence-electron chi connectivity index (χ4n) is 1.82. The van der Waals surface area contributed by atoms with Crippen LogP contribution in [0.5, 0.6) is 0 Å². The van der Waals surface area contributed by atoms with Crippen molar-refractivity contribution in [1.29, 1.82) is 0 Å². The van der Waals surface area contributed by atoms with Gasteiger partial charge in [-0.1, -0.05) is 47.3 Å². The van der Waals surface area contributed by atoms with E-state index in [1.807, 2.05) is 24.3 Å². The number of benzene rings is 2. The normalized spacial score (nSPS) is 10.7. The van der Waals surface area contributed by atoms with Crippen LogP contribution in [0, 0.1) is 6.92 Å². The van der Waals surface area contributed by atoms with Crippen LogP contribution in [0.25, 0.3) is 0 Å². The Balaban J connectivity index is 1.87. The predicted molar refractivity (Wildman–Crippen MR) is 97.5 cm³/mol. The van der Waals surface area contributed by atoms with Crippen LogP contribution in [0.2, 0.25) is 10.0 Å². The molecule has 0 fully saturated rings. The molecule has 112 valence electrons. The molecule has 0 saturated carbocycles. The van der Waals surface area contributed by atoms with Gasteiger partial charge in [-0.2, -0.15) is 0 Å². The van der Waals surface area contributed by atoms with Gasteiger partial charge in [0.05, 0.1) is 15.7 Å². The van der Waals surface area contributed by atoms with Crippen LogP contribution in [-0.2, 0) is 6.42 Å². The molecule has 0 aliphatic heterocycles. The number of nitrogens with two attached hydrogens (primary N) is 1. The number of anilines is 1. The summed E-state index contributed by atoms with van der Waals surface area (Å²) in [4.78, 5) is 1.04. The molecule has 2 aromatic rings. The summed E-state index contributed by atoms with van der Waals surface area (Å²) in [6.07, 6.45) is 0.922. The smallest absolute Gasteiger partial charge is 0.0595 e. The van der Waals surface area contributed by atoms with Crippen LogP contribution in [0.15, 0.2) is 41.3 Å². The Morgan fingerprint density at radius 2 is 1.90 bits per heavy atom. The molecule has 0 amide bonds. The van der Waals surface area contributed by atoms with Gasteiger partial charge in [-0.25, -0.2) is 0 Å². The molecule has 2 aromatic carbocycles. The highest BCUT2D eigenvalue weighted by molar-refractivity contribution is 8.00. The maximum absolute atomic E-state index is 6.01. The van der Waals surface area contributed by atoms with Crippen molar-refractivity contribution in [1.82, 2.24) is 0 Å². The van der Waals surface area contributed by atoms with E-state index in [0.717, 1.165) is 22.8 Å². The highest BCUT2D eigenvalue weighted by Gasteiger charge is 2.03. The first-order valence-electron chi connectivity index (χ1n) is 6.39. The molecule has 0 radical (unpaired) electrons. The topological polar surface area (TPSA) is 38.0 Å². The standard InChI is InChI=1S/C15H16Cl2N2S2/c1-10-2-5-15(21-18)14(8-10)19-20-7-6-11-3-4-12(16)13(17)9-11/h2-5,8-9,19H,6-7,18H2,1H3. The number of aryl methyl sites for hydroxylation is 2. The number of hydrogen-bond acceptors (Lipinski definition) is 4. The van der Waals surface area contributed by atoms with Gasteiger partial charge in [-0.05, 0) is 60.7 Å². The third-order valence-electron chi connectivity index (χ3n) is 2.92. The molecule has 0 aliphatic rings. The summed E-state index contributed by atoms with van der Waals surface area (Å²) in [5.74, 6) is 0.931. The molecule has 0 heterocycles. The Morgan fingerprint density at radius 3 is 2.62 bits per heavy atom.